The summed E-state index contributed by atoms with van der Waals surface area (Å²) in [5.74, 6) is -0.653. The third-order valence-corrected chi connectivity index (χ3v) is 3.46. The van der Waals surface area contributed by atoms with E-state index in [4.69, 9.17) is 9.47 Å². The lowest BCUT2D eigenvalue weighted by molar-refractivity contribution is -0.139. The monoisotopic (exact) mass is 335 g/mol. The van der Waals surface area contributed by atoms with E-state index in [9.17, 15) is 19.5 Å². The summed E-state index contributed by atoms with van der Waals surface area (Å²) in [6, 6.07) is 5.03. The van der Waals surface area contributed by atoms with Crippen molar-refractivity contribution in [1.82, 2.24) is 4.90 Å². The molecule has 130 valence electrons. The molecule has 1 N–H and O–H groups in total. The molecule has 1 atom stereocenters. The first-order valence-corrected chi connectivity index (χ1v) is 7.66. The van der Waals surface area contributed by atoms with E-state index < -0.39 is 23.7 Å². The van der Waals surface area contributed by atoms with Gasteiger partial charge in [0.05, 0.1) is 0 Å². The van der Waals surface area contributed by atoms with Crippen LogP contribution in [0, 0.1) is 0 Å². The normalized spacial score (nSPS) is 17.5. The Morgan fingerprint density at radius 2 is 1.92 bits per heavy atom. The molecule has 1 amide bonds. The van der Waals surface area contributed by atoms with E-state index in [-0.39, 0.29) is 31.1 Å². The van der Waals surface area contributed by atoms with Crippen LogP contribution in [0.25, 0.3) is 0 Å². The SMILES string of the molecule is CC(C)(C)OC(=O)N1COC(=O)C1CCC(=O)c1ccc(O)cc1. The quantitative estimate of drug-likeness (QED) is 0.671. The van der Waals surface area contributed by atoms with E-state index in [0.717, 1.165) is 0 Å². The van der Waals surface area contributed by atoms with E-state index in [0.29, 0.717) is 5.56 Å². The summed E-state index contributed by atoms with van der Waals surface area (Å²) in [5, 5.41) is 9.23. The third-order valence-electron chi connectivity index (χ3n) is 3.46. The van der Waals surface area contributed by atoms with Crippen LogP contribution < -0.4 is 0 Å². The number of esters is 1. The largest absolute Gasteiger partial charge is 0.508 e. The summed E-state index contributed by atoms with van der Waals surface area (Å²) in [5.41, 5.74) is -0.252. The lowest BCUT2D eigenvalue weighted by Gasteiger charge is -2.25. The Labute approximate surface area is 140 Å². The maximum Gasteiger partial charge on any atom is 0.413 e. The van der Waals surface area contributed by atoms with Crippen LogP contribution in [0.3, 0.4) is 0 Å². The van der Waals surface area contributed by atoms with Crippen molar-refractivity contribution in [2.75, 3.05) is 6.73 Å². The summed E-state index contributed by atoms with van der Waals surface area (Å²) < 4.78 is 10.2. The first-order chi connectivity index (χ1) is 11.2. The minimum Gasteiger partial charge on any atom is -0.508 e. The highest BCUT2D eigenvalue weighted by molar-refractivity contribution is 5.96. The molecule has 7 heteroatoms. The van der Waals surface area contributed by atoms with Crippen LogP contribution in [0.15, 0.2) is 24.3 Å². The van der Waals surface area contributed by atoms with Crippen LogP contribution in [0.4, 0.5) is 4.79 Å². The number of rotatable bonds is 4. The molecular formula is C17H21NO6. The number of phenols is 1. The van der Waals surface area contributed by atoms with Gasteiger partial charge in [0.1, 0.15) is 17.4 Å². The summed E-state index contributed by atoms with van der Waals surface area (Å²) in [6.45, 7) is 5.01. The lowest BCUT2D eigenvalue weighted by atomic mass is 10.0. The third kappa shape index (κ3) is 4.47. The number of amides is 1. The van der Waals surface area contributed by atoms with Crippen molar-refractivity contribution in [3.05, 3.63) is 29.8 Å². The van der Waals surface area contributed by atoms with Crippen molar-refractivity contribution >= 4 is 17.8 Å². The van der Waals surface area contributed by atoms with Crippen LogP contribution in [-0.2, 0) is 14.3 Å². The van der Waals surface area contributed by atoms with Gasteiger partial charge < -0.3 is 14.6 Å². The van der Waals surface area contributed by atoms with Crippen molar-refractivity contribution in [1.29, 1.82) is 0 Å². The van der Waals surface area contributed by atoms with Gasteiger partial charge in [-0.15, -0.1) is 0 Å². The van der Waals surface area contributed by atoms with Crippen LogP contribution in [0.2, 0.25) is 0 Å². The fraction of sp³-hybridized carbons (Fsp3) is 0.471. The molecule has 2 rings (SSSR count). The maximum atomic E-state index is 12.2. The van der Waals surface area contributed by atoms with Gasteiger partial charge in [0.25, 0.3) is 0 Å². The van der Waals surface area contributed by atoms with Crippen LogP contribution >= 0.6 is 0 Å². The zero-order valence-corrected chi connectivity index (χ0v) is 13.9. The van der Waals surface area contributed by atoms with Gasteiger partial charge in [-0.2, -0.15) is 0 Å². The summed E-state index contributed by atoms with van der Waals surface area (Å²) in [4.78, 5) is 37.3. The maximum absolute atomic E-state index is 12.2. The highest BCUT2D eigenvalue weighted by Gasteiger charge is 2.39. The minimum atomic E-state index is -0.832. The molecule has 0 aliphatic carbocycles. The minimum absolute atomic E-state index is 0.0713. The molecule has 1 aliphatic heterocycles. The van der Waals surface area contributed by atoms with Crippen LogP contribution in [-0.4, -0.2) is 46.2 Å². The number of ketones is 1. The zero-order chi connectivity index (χ0) is 17.9. The molecular weight excluding hydrogens is 314 g/mol. The Hall–Kier alpha value is -2.57. The molecule has 0 saturated carbocycles. The molecule has 7 nitrogen and oxygen atoms in total. The second-order valence-electron chi connectivity index (χ2n) is 6.57. The number of Topliss-reactive ketones (excluding diaryl/α,β-unsaturated/α-hetero) is 1. The van der Waals surface area contributed by atoms with Crippen LogP contribution in [0.5, 0.6) is 5.75 Å². The second kappa shape index (κ2) is 6.90. The molecule has 1 unspecified atom stereocenters. The van der Waals surface area contributed by atoms with Gasteiger partial charge in [-0.25, -0.2) is 9.59 Å². The average molecular weight is 335 g/mol. The number of aromatic hydroxyl groups is 1. The molecule has 1 saturated heterocycles. The predicted molar refractivity (Wildman–Crippen MR) is 84.5 cm³/mol. The molecule has 0 bridgehead atoms. The number of carbonyl (C=O) groups is 3. The molecule has 1 aromatic rings. The van der Waals surface area contributed by atoms with Gasteiger partial charge in [-0.1, -0.05) is 0 Å². The first-order valence-electron chi connectivity index (χ1n) is 7.66. The highest BCUT2D eigenvalue weighted by atomic mass is 16.6. The Kier molecular flexibility index (Phi) is 5.11. The second-order valence-corrected chi connectivity index (χ2v) is 6.57. The molecule has 1 aliphatic rings. The molecule has 0 spiro atoms. The highest BCUT2D eigenvalue weighted by Crippen LogP contribution is 2.21. The van der Waals surface area contributed by atoms with Crippen LogP contribution in [0.1, 0.15) is 44.0 Å². The van der Waals surface area contributed by atoms with Gasteiger partial charge in [-0.3, -0.25) is 9.69 Å². The number of hydrogen-bond acceptors (Lipinski definition) is 6. The lowest BCUT2D eigenvalue weighted by Crippen LogP contribution is -2.41. The first kappa shape index (κ1) is 17.8. The van der Waals surface area contributed by atoms with Crippen molar-refractivity contribution in [2.45, 2.75) is 45.3 Å². The number of phenolic OH excluding ortho intramolecular Hbond substituents is 1. The van der Waals surface area contributed by atoms with Crippen molar-refractivity contribution in [2.24, 2.45) is 0 Å². The fourth-order valence-electron chi connectivity index (χ4n) is 2.28. The molecule has 0 radical (unpaired) electrons. The summed E-state index contributed by atoms with van der Waals surface area (Å²) in [6.07, 6.45) is -0.419. The van der Waals surface area contributed by atoms with E-state index in [1.54, 1.807) is 20.8 Å². The molecule has 24 heavy (non-hydrogen) atoms. The van der Waals surface area contributed by atoms with Gasteiger partial charge in [0, 0.05) is 12.0 Å². The van der Waals surface area contributed by atoms with Gasteiger partial charge in [0.2, 0.25) is 0 Å². The molecule has 1 fully saturated rings. The fourth-order valence-corrected chi connectivity index (χ4v) is 2.28. The number of carbonyl (C=O) groups excluding carboxylic acids is 3. The average Bonchev–Trinajstić information content (AvgIpc) is 2.85. The number of hydrogen-bond donors (Lipinski definition) is 1. The Balaban J connectivity index is 1.98. The zero-order valence-electron chi connectivity index (χ0n) is 13.9. The molecule has 1 aromatic carbocycles. The Morgan fingerprint density at radius 1 is 1.29 bits per heavy atom. The number of cyclic esters (lactones) is 1. The molecule has 0 aromatic heterocycles. The number of ether oxygens (including phenoxy) is 2. The number of benzene rings is 1. The van der Waals surface area contributed by atoms with Gasteiger partial charge in [-0.05, 0) is 51.5 Å². The summed E-state index contributed by atoms with van der Waals surface area (Å²) in [7, 11) is 0. The predicted octanol–water partition coefficient (Wildman–Crippen LogP) is 2.48. The van der Waals surface area contributed by atoms with E-state index in [1.807, 2.05) is 0 Å². The Morgan fingerprint density at radius 3 is 2.50 bits per heavy atom. The summed E-state index contributed by atoms with van der Waals surface area (Å²) >= 11 is 0. The number of nitrogens with zero attached hydrogens (tertiary/aromatic N) is 1. The topological polar surface area (TPSA) is 93.1 Å². The van der Waals surface area contributed by atoms with E-state index in [2.05, 4.69) is 0 Å². The standard InChI is InChI=1S/C17H21NO6/c1-17(2,3)24-16(22)18-10-23-15(21)13(18)8-9-14(20)11-4-6-12(19)7-5-11/h4-7,13,19H,8-10H2,1-3H3. The molecule has 1 heterocycles. The Bertz CT molecular complexity index is 631. The van der Waals surface area contributed by atoms with Crippen molar-refractivity contribution < 1.29 is 29.0 Å². The smallest absolute Gasteiger partial charge is 0.413 e. The van der Waals surface area contributed by atoms with E-state index in [1.165, 1.54) is 29.2 Å². The van der Waals surface area contributed by atoms with Gasteiger partial charge >= 0.3 is 12.1 Å². The van der Waals surface area contributed by atoms with E-state index >= 15 is 0 Å². The van der Waals surface area contributed by atoms with Crippen molar-refractivity contribution in [3.63, 3.8) is 0 Å². The van der Waals surface area contributed by atoms with Gasteiger partial charge in [0.15, 0.2) is 12.5 Å². The van der Waals surface area contributed by atoms with Crippen molar-refractivity contribution in [3.8, 4) is 5.75 Å².